The van der Waals surface area contributed by atoms with Gasteiger partial charge in [0.05, 0.1) is 19.3 Å². The van der Waals surface area contributed by atoms with Gasteiger partial charge in [-0.3, -0.25) is 14.5 Å². The second kappa shape index (κ2) is 6.68. The molecule has 7 nitrogen and oxygen atoms in total. The number of anilines is 1. The Hall–Kier alpha value is -2.28. The summed E-state index contributed by atoms with van der Waals surface area (Å²) < 4.78 is 5.45. The van der Waals surface area contributed by atoms with Crippen LogP contribution in [0.15, 0.2) is 24.3 Å². The molecule has 8 heteroatoms. The Kier molecular flexibility index (Phi) is 4.62. The number of carbonyl (C=O) groups is 3. The van der Waals surface area contributed by atoms with Crippen LogP contribution in [0.4, 0.5) is 10.5 Å². The van der Waals surface area contributed by atoms with Gasteiger partial charge in [-0.1, -0.05) is 18.2 Å². The monoisotopic (exact) mass is 351 g/mol. The minimum absolute atomic E-state index is 0.0911. The molecule has 0 spiro atoms. The first-order chi connectivity index (χ1) is 11.5. The summed E-state index contributed by atoms with van der Waals surface area (Å²) >= 11 is 5.76. The molecular weight excluding hydrogens is 334 g/mol. The molecule has 2 aliphatic heterocycles. The molecular formula is C16H18ClN3O4. The molecule has 2 unspecified atom stereocenters. The fourth-order valence-electron chi connectivity index (χ4n) is 3.16. The third kappa shape index (κ3) is 3.03. The van der Waals surface area contributed by atoms with Crippen molar-refractivity contribution in [3.8, 4) is 0 Å². The maximum Gasteiger partial charge on any atom is 0.411 e. The normalized spacial score (nSPS) is 22.3. The summed E-state index contributed by atoms with van der Waals surface area (Å²) in [6.07, 6.45) is -0.362. The molecule has 1 aromatic rings. The van der Waals surface area contributed by atoms with Gasteiger partial charge in [0.25, 0.3) is 0 Å². The zero-order chi connectivity index (χ0) is 17.3. The van der Waals surface area contributed by atoms with E-state index < -0.39 is 12.2 Å². The van der Waals surface area contributed by atoms with Gasteiger partial charge < -0.3 is 15.0 Å². The van der Waals surface area contributed by atoms with E-state index in [4.69, 9.17) is 16.3 Å². The van der Waals surface area contributed by atoms with Gasteiger partial charge in [0.1, 0.15) is 12.0 Å². The van der Waals surface area contributed by atoms with E-state index in [1.807, 2.05) is 24.3 Å². The molecule has 3 amide bonds. The average Bonchev–Trinajstić information content (AvgIpc) is 3.12. The number of benzene rings is 1. The smallest absolute Gasteiger partial charge is 0.411 e. The van der Waals surface area contributed by atoms with Crippen molar-refractivity contribution in [2.45, 2.75) is 25.5 Å². The Balaban J connectivity index is 1.78. The first-order valence-corrected chi connectivity index (χ1v) is 8.20. The van der Waals surface area contributed by atoms with Crippen LogP contribution in [0.1, 0.15) is 12.5 Å². The highest BCUT2D eigenvalue weighted by molar-refractivity contribution is 6.29. The van der Waals surface area contributed by atoms with E-state index in [9.17, 15) is 14.4 Å². The van der Waals surface area contributed by atoms with Crippen molar-refractivity contribution in [2.24, 2.45) is 0 Å². The molecule has 2 aliphatic rings. The zero-order valence-electron chi connectivity index (χ0n) is 13.2. The molecule has 0 aromatic heterocycles. The minimum atomic E-state index is -0.497. The summed E-state index contributed by atoms with van der Waals surface area (Å²) in [6.45, 7) is 1.78. The van der Waals surface area contributed by atoms with Crippen LogP contribution in [0.2, 0.25) is 0 Å². The van der Waals surface area contributed by atoms with Crippen molar-refractivity contribution in [1.82, 2.24) is 10.2 Å². The topological polar surface area (TPSA) is 79.0 Å². The number of ether oxygens (including phenoxy) is 1. The molecule has 1 aromatic carbocycles. The van der Waals surface area contributed by atoms with Gasteiger partial charge in [-0.15, -0.1) is 11.6 Å². The number of para-hydroxylation sites is 1. The van der Waals surface area contributed by atoms with Crippen LogP contribution in [-0.4, -0.2) is 54.0 Å². The van der Waals surface area contributed by atoms with E-state index in [1.165, 1.54) is 11.8 Å². The van der Waals surface area contributed by atoms with Crippen molar-refractivity contribution in [3.05, 3.63) is 29.8 Å². The van der Waals surface area contributed by atoms with Crippen LogP contribution in [-0.2, 0) is 20.7 Å². The number of carbonyl (C=O) groups excluding carboxylic acids is 3. The Morgan fingerprint density at radius 3 is 2.83 bits per heavy atom. The van der Waals surface area contributed by atoms with Gasteiger partial charge in [0, 0.05) is 12.6 Å². The van der Waals surface area contributed by atoms with E-state index in [2.05, 4.69) is 5.32 Å². The largest absolute Gasteiger partial charge is 0.442 e. The first kappa shape index (κ1) is 16.6. The number of fused-ring (bicyclic) bond motifs is 1. The fraction of sp³-hybridized carbons (Fsp3) is 0.438. The van der Waals surface area contributed by atoms with Crippen molar-refractivity contribution in [3.63, 3.8) is 0 Å². The highest BCUT2D eigenvalue weighted by Crippen LogP contribution is 2.35. The lowest BCUT2D eigenvalue weighted by Gasteiger charge is -2.28. The maximum atomic E-state index is 12.3. The van der Waals surface area contributed by atoms with Crippen LogP contribution in [0.25, 0.3) is 0 Å². The number of nitrogens with zero attached hydrogens (tertiary/aromatic N) is 2. The van der Waals surface area contributed by atoms with Gasteiger partial charge in [0.2, 0.25) is 11.8 Å². The van der Waals surface area contributed by atoms with Crippen LogP contribution in [0.5, 0.6) is 0 Å². The third-order valence-electron chi connectivity index (χ3n) is 4.25. The predicted molar refractivity (Wildman–Crippen MR) is 87.8 cm³/mol. The van der Waals surface area contributed by atoms with Gasteiger partial charge in [-0.05, 0) is 18.1 Å². The van der Waals surface area contributed by atoms with Gasteiger partial charge in [0.15, 0.2) is 0 Å². The number of rotatable bonds is 4. The van der Waals surface area contributed by atoms with Crippen LogP contribution in [0.3, 0.4) is 0 Å². The SMILES string of the molecule is CC(=O)NCN1CC(C2Cc3ccccc3N2C(=O)CCl)OC1=O. The number of amides is 3. The first-order valence-electron chi connectivity index (χ1n) is 7.67. The summed E-state index contributed by atoms with van der Waals surface area (Å²) in [5, 5.41) is 2.58. The quantitative estimate of drug-likeness (QED) is 0.824. The van der Waals surface area contributed by atoms with E-state index in [1.54, 1.807) is 4.90 Å². The summed E-state index contributed by atoms with van der Waals surface area (Å²) in [7, 11) is 0. The Morgan fingerprint density at radius 2 is 2.12 bits per heavy atom. The van der Waals surface area contributed by atoms with Crippen LogP contribution in [0, 0.1) is 0 Å². The Morgan fingerprint density at radius 1 is 1.38 bits per heavy atom. The molecule has 1 fully saturated rings. The van der Waals surface area contributed by atoms with Crippen molar-refractivity contribution in [1.29, 1.82) is 0 Å². The molecule has 2 atom stereocenters. The van der Waals surface area contributed by atoms with E-state index in [-0.39, 0.29) is 30.4 Å². The molecule has 2 heterocycles. The van der Waals surface area contributed by atoms with Gasteiger partial charge in [-0.2, -0.15) is 0 Å². The molecule has 0 saturated carbocycles. The number of hydrogen-bond acceptors (Lipinski definition) is 4. The van der Waals surface area contributed by atoms with E-state index in [0.29, 0.717) is 13.0 Å². The number of cyclic esters (lactones) is 1. The molecule has 128 valence electrons. The third-order valence-corrected chi connectivity index (χ3v) is 4.48. The molecule has 1 N–H and O–H groups in total. The molecule has 24 heavy (non-hydrogen) atoms. The second-order valence-corrected chi connectivity index (χ2v) is 6.10. The Bertz CT molecular complexity index is 681. The van der Waals surface area contributed by atoms with Gasteiger partial charge >= 0.3 is 6.09 Å². The van der Waals surface area contributed by atoms with Crippen LogP contribution < -0.4 is 10.2 Å². The highest BCUT2D eigenvalue weighted by Gasteiger charge is 2.44. The number of hydrogen-bond donors (Lipinski definition) is 1. The minimum Gasteiger partial charge on any atom is -0.442 e. The summed E-state index contributed by atoms with van der Waals surface area (Å²) in [4.78, 5) is 38.4. The molecule has 0 bridgehead atoms. The summed E-state index contributed by atoms with van der Waals surface area (Å²) in [5.74, 6) is -0.581. The fourth-order valence-corrected chi connectivity index (χ4v) is 3.29. The van der Waals surface area contributed by atoms with E-state index in [0.717, 1.165) is 11.3 Å². The molecule has 0 radical (unpaired) electrons. The summed E-state index contributed by atoms with van der Waals surface area (Å²) in [6, 6.07) is 7.30. The summed E-state index contributed by atoms with van der Waals surface area (Å²) in [5.41, 5.74) is 1.84. The molecule has 3 rings (SSSR count). The Labute approximate surface area is 144 Å². The predicted octanol–water partition coefficient (Wildman–Crippen LogP) is 1.10. The molecule has 0 aliphatic carbocycles. The zero-order valence-corrected chi connectivity index (χ0v) is 14.0. The number of nitrogens with one attached hydrogen (secondary N) is 1. The standard InChI is InChI=1S/C16H18ClN3O4/c1-10(21)18-9-19-8-14(24-16(19)23)13-6-11-4-2-3-5-12(11)20(13)15(22)7-17/h2-5,13-14H,6-9H2,1H3,(H,18,21). The number of halogens is 1. The van der Waals surface area contributed by atoms with Crippen LogP contribution >= 0.6 is 11.6 Å². The highest BCUT2D eigenvalue weighted by atomic mass is 35.5. The lowest BCUT2D eigenvalue weighted by atomic mass is 10.1. The average molecular weight is 352 g/mol. The lowest BCUT2D eigenvalue weighted by Crippen LogP contribution is -2.47. The van der Waals surface area contributed by atoms with Crippen molar-refractivity contribution in [2.75, 3.05) is 24.0 Å². The van der Waals surface area contributed by atoms with Crippen molar-refractivity contribution < 1.29 is 19.1 Å². The maximum absolute atomic E-state index is 12.3. The van der Waals surface area contributed by atoms with Gasteiger partial charge in [-0.25, -0.2) is 4.79 Å². The van der Waals surface area contributed by atoms with Crippen molar-refractivity contribution >= 4 is 35.2 Å². The lowest BCUT2D eigenvalue weighted by molar-refractivity contribution is -0.119. The molecule has 1 saturated heterocycles. The second-order valence-electron chi connectivity index (χ2n) is 5.83. The van der Waals surface area contributed by atoms with E-state index >= 15 is 0 Å². The number of alkyl halides is 1.